The summed E-state index contributed by atoms with van der Waals surface area (Å²) in [6.45, 7) is 2.10. The van der Waals surface area contributed by atoms with Crippen molar-refractivity contribution in [3.8, 4) is 0 Å². The quantitative estimate of drug-likeness (QED) is 0.903. The molecule has 0 fully saturated rings. The van der Waals surface area contributed by atoms with Crippen LogP contribution >= 0.6 is 15.9 Å². The number of nitrogens with two attached hydrogens (primary N) is 1. The van der Waals surface area contributed by atoms with Gasteiger partial charge in [-0.2, -0.15) is 0 Å². The van der Waals surface area contributed by atoms with Crippen LogP contribution in [0.2, 0.25) is 0 Å². The van der Waals surface area contributed by atoms with Gasteiger partial charge in [0.15, 0.2) is 0 Å². The maximum Gasteiger partial charge on any atom is 0.142 e. The van der Waals surface area contributed by atoms with Crippen LogP contribution in [0.3, 0.4) is 0 Å². The van der Waals surface area contributed by atoms with Gasteiger partial charge in [-0.1, -0.05) is 43.3 Å². The molecule has 2 rings (SSSR count). The third kappa shape index (κ3) is 2.62. The molecule has 0 aliphatic heterocycles. The van der Waals surface area contributed by atoms with E-state index in [2.05, 4.69) is 22.9 Å². The molecule has 0 saturated carbocycles. The monoisotopic (exact) mass is 307 g/mol. The summed E-state index contributed by atoms with van der Waals surface area (Å²) in [5.41, 5.74) is 8.80. The summed E-state index contributed by atoms with van der Waals surface area (Å²) < 4.78 is 14.4. The Kier molecular flexibility index (Phi) is 4.15. The molecular weight excluding hydrogens is 293 g/mol. The summed E-state index contributed by atoms with van der Waals surface area (Å²) in [6.07, 6.45) is 0.987. The van der Waals surface area contributed by atoms with Gasteiger partial charge < -0.3 is 5.73 Å². The highest BCUT2D eigenvalue weighted by molar-refractivity contribution is 9.10. The molecule has 2 aromatic rings. The lowest BCUT2D eigenvalue weighted by Gasteiger charge is -2.14. The maximum absolute atomic E-state index is 14.0. The first-order chi connectivity index (χ1) is 8.63. The molecule has 2 aromatic carbocycles. The molecule has 0 heterocycles. The van der Waals surface area contributed by atoms with Gasteiger partial charge in [0, 0.05) is 5.56 Å². The van der Waals surface area contributed by atoms with Gasteiger partial charge in [-0.05, 0) is 39.5 Å². The molecule has 94 valence electrons. The predicted molar refractivity (Wildman–Crippen MR) is 76.0 cm³/mol. The lowest BCUT2D eigenvalue weighted by Crippen LogP contribution is -2.13. The van der Waals surface area contributed by atoms with E-state index in [1.54, 1.807) is 18.2 Å². The normalized spacial score (nSPS) is 12.4. The fraction of sp³-hybridized carbons (Fsp3) is 0.200. The van der Waals surface area contributed by atoms with Crippen LogP contribution < -0.4 is 5.73 Å². The van der Waals surface area contributed by atoms with E-state index in [9.17, 15) is 4.39 Å². The molecule has 1 atom stereocenters. The van der Waals surface area contributed by atoms with E-state index in [0.29, 0.717) is 10.0 Å². The Labute approximate surface area is 115 Å². The number of aryl methyl sites for hydroxylation is 1. The van der Waals surface area contributed by atoms with Crippen molar-refractivity contribution in [1.29, 1.82) is 0 Å². The molecular formula is C15H15BrFN. The van der Waals surface area contributed by atoms with E-state index in [1.807, 2.05) is 24.3 Å². The highest BCUT2D eigenvalue weighted by Gasteiger charge is 2.15. The second-order valence-electron chi connectivity index (χ2n) is 4.22. The van der Waals surface area contributed by atoms with E-state index in [4.69, 9.17) is 5.73 Å². The molecule has 0 bridgehead atoms. The van der Waals surface area contributed by atoms with Crippen LogP contribution in [0.25, 0.3) is 0 Å². The lowest BCUT2D eigenvalue weighted by atomic mass is 9.98. The Bertz CT molecular complexity index is 537. The Morgan fingerprint density at radius 2 is 1.83 bits per heavy atom. The molecule has 0 spiro atoms. The molecule has 0 aliphatic rings. The van der Waals surface area contributed by atoms with Crippen LogP contribution in [0, 0.1) is 5.82 Å². The SMILES string of the molecule is CCc1ccc(C(N)c2cccc(Br)c2F)cc1. The van der Waals surface area contributed by atoms with Gasteiger partial charge in [-0.15, -0.1) is 0 Å². The largest absolute Gasteiger partial charge is 0.320 e. The highest BCUT2D eigenvalue weighted by atomic mass is 79.9. The van der Waals surface area contributed by atoms with Crippen LogP contribution in [-0.2, 0) is 6.42 Å². The first-order valence-corrected chi connectivity index (χ1v) is 6.71. The zero-order valence-electron chi connectivity index (χ0n) is 10.2. The van der Waals surface area contributed by atoms with Crippen molar-refractivity contribution in [2.75, 3.05) is 0 Å². The van der Waals surface area contributed by atoms with Crippen molar-refractivity contribution in [3.05, 3.63) is 69.4 Å². The number of rotatable bonds is 3. The minimum absolute atomic E-state index is 0.287. The predicted octanol–water partition coefficient (Wildman–Crippen LogP) is 4.20. The van der Waals surface area contributed by atoms with Crippen LogP contribution in [-0.4, -0.2) is 0 Å². The number of benzene rings is 2. The molecule has 0 aliphatic carbocycles. The van der Waals surface area contributed by atoms with Gasteiger partial charge in [0.2, 0.25) is 0 Å². The summed E-state index contributed by atoms with van der Waals surface area (Å²) in [5.74, 6) is -0.287. The number of hydrogen-bond donors (Lipinski definition) is 1. The first kappa shape index (κ1) is 13.2. The standard InChI is InChI=1S/C15H15BrFN/c1-2-10-6-8-11(9-7-10)15(18)12-4-3-5-13(16)14(12)17/h3-9,15H,2,18H2,1H3. The van der Waals surface area contributed by atoms with Crippen molar-refractivity contribution < 1.29 is 4.39 Å². The zero-order valence-corrected chi connectivity index (χ0v) is 11.7. The Morgan fingerprint density at radius 3 is 2.44 bits per heavy atom. The highest BCUT2D eigenvalue weighted by Crippen LogP contribution is 2.26. The zero-order chi connectivity index (χ0) is 13.1. The second-order valence-corrected chi connectivity index (χ2v) is 5.07. The molecule has 2 N–H and O–H groups in total. The Balaban J connectivity index is 2.35. The number of hydrogen-bond acceptors (Lipinski definition) is 1. The van der Waals surface area contributed by atoms with Crippen molar-refractivity contribution in [2.45, 2.75) is 19.4 Å². The van der Waals surface area contributed by atoms with Crippen molar-refractivity contribution in [1.82, 2.24) is 0 Å². The molecule has 0 radical (unpaired) electrons. The molecule has 1 unspecified atom stereocenters. The van der Waals surface area contributed by atoms with E-state index >= 15 is 0 Å². The van der Waals surface area contributed by atoms with E-state index in [0.717, 1.165) is 12.0 Å². The average Bonchev–Trinajstić information content (AvgIpc) is 2.41. The van der Waals surface area contributed by atoms with Crippen molar-refractivity contribution in [3.63, 3.8) is 0 Å². The summed E-state index contributed by atoms with van der Waals surface area (Å²) in [6, 6.07) is 12.7. The minimum Gasteiger partial charge on any atom is -0.320 e. The molecule has 18 heavy (non-hydrogen) atoms. The molecule has 1 nitrogen and oxygen atoms in total. The minimum atomic E-state index is -0.437. The van der Waals surface area contributed by atoms with Gasteiger partial charge in [-0.3, -0.25) is 0 Å². The van der Waals surface area contributed by atoms with Crippen LogP contribution in [0.4, 0.5) is 4.39 Å². The summed E-state index contributed by atoms with van der Waals surface area (Å²) in [5, 5.41) is 0. The molecule has 3 heteroatoms. The van der Waals surface area contributed by atoms with Gasteiger partial charge in [-0.25, -0.2) is 4.39 Å². The van der Waals surface area contributed by atoms with Crippen LogP contribution in [0.15, 0.2) is 46.9 Å². The van der Waals surface area contributed by atoms with Gasteiger partial charge in [0.05, 0.1) is 10.5 Å². The summed E-state index contributed by atoms with van der Waals surface area (Å²) >= 11 is 3.18. The van der Waals surface area contributed by atoms with E-state index in [1.165, 1.54) is 5.56 Å². The summed E-state index contributed by atoms with van der Waals surface area (Å²) in [4.78, 5) is 0. The fourth-order valence-corrected chi connectivity index (χ4v) is 2.28. The molecule has 0 amide bonds. The van der Waals surface area contributed by atoms with E-state index < -0.39 is 6.04 Å². The van der Waals surface area contributed by atoms with Crippen LogP contribution in [0.5, 0.6) is 0 Å². The number of halogens is 2. The third-order valence-electron chi connectivity index (χ3n) is 3.06. The lowest BCUT2D eigenvalue weighted by molar-refractivity contribution is 0.593. The van der Waals surface area contributed by atoms with Crippen molar-refractivity contribution in [2.24, 2.45) is 5.73 Å². The Morgan fingerprint density at radius 1 is 1.17 bits per heavy atom. The summed E-state index contributed by atoms with van der Waals surface area (Å²) in [7, 11) is 0. The smallest absolute Gasteiger partial charge is 0.142 e. The third-order valence-corrected chi connectivity index (χ3v) is 3.68. The van der Waals surface area contributed by atoms with Gasteiger partial charge in [0.25, 0.3) is 0 Å². The van der Waals surface area contributed by atoms with Gasteiger partial charge in [0.1, 0.15) is 5.82 Å². The fourth-order valence-electron chi connectivity index (χ4n) is 1.90. The van der Waals surface area contributed by atoms with Gasteiger partial charge >= 0.3 is 0 Å². The molecule has 0 aromatic heterocycles. The second kappa shape index (κ2) is 5.63. The van der Waals surface area contributed by atoms with Crippen molar-refractivity contribution >= 4 is 15.9 Å². The van der Waals surface area contributed by atoms with E-state index in [-0.39, 0.29) is 5.82 Å². The van der Waals surface area contributed by atoms with Crippen LogP contribution in [0.1, 0.15) is 29.7 Å². The topological polar surface area (TPSA) is 26.0 Å². The average molecular weight is 308 g/mol. The Hall–Kier alpha value is -1.19. The molecule has 0 saturated heterocycles. The first-order valence-electron chi connectivity index (χ1n) is 5.91. The maximum atomic E-state index is 14.0.